The van der Waals surface area contributed by atoms with E-state index < -0.39 is 5.41 Å². The average molecular weight is 470 g/mol. The molecule has 6 nitrogen and oxygen atoms in total. The topological polar surface area (TPSA) is 61.9 Å². The molecule has 0 aromatic heterocycles. The summed E-state index contributed by atoms with van der Waals surface area (Å²) in [5.41, 5.74) is 3.29. The maximum Gasteiger partial charge on any atom is 0.234 e. The number of piperazine rings is 1. The van der Waals surface area contributed by atoms with Crippen LogP contribution in [0.1, 0.15) is 37.8 Å². The highest BCUT2D eigenvalue weighted by Gasteiger charge is 2.36. The highest BCUT2D eigenvalue weighted by Crippen LogP contribution is 2.44. The number of carbonyl (C=O) groups excluding carboxylic acids is 2. The van der Waals surface area contributed by atoms with Gasteiger partial charge in [0.15, 0.2) is 0 Å². The number of rotatable bonds is 3. The zero-order valence-electron chi connectivity index (χ0n) is 20.5. The van der Waals surface area contributed by atoms with Crippen molar-refractivity contribution in [1.29, 1.82) is 0 Å². The van der Waals surface area contributed by atoms with Gasteiger partial charge in [-0.15, -0.1) is 0 Å². The quantitative estimate of drug-likeness (QED) is 0.569. The molecule has 0 bridgehead atoms. The highest BCUT2D eigenvalue weighted by molar-refractivity contribution is 5.94. The normalized spacial score (nSPS) is 15.6. The molecule has 0 saturated carbocycles. The van der Waals surface area contributed by atoms with Crippen molar-refractivity contribution < 1.29 is 14.3 Å². The number of carbonyl (C=O) groups is 2. The lowest BCUT2D eigenvalue weighted by Crippen LogP contribution is -2.50. The lowest BCUT2D eigenvalue weighted by Gasteiger charge is -2.38. The van der Waals surface area contributed by atoms with Crippen LogP contribution in [-0.2, 0) is 9.59 Å². The molecule has 35 heavy (non-hydrogen) atoms. The van der Waals surface area contributed by atoms with Crippen LogP contribution in [0.3, 0.4) is 0 Å². The molecule has 0 aliphatic carbocycles. The van der Waals surface area contributed by atoms with Gasteiger partial charge in [0, 0.05) is 54.1 Å². The van der Waals surface area contributed by atoms with Crippen LogP contribution in [0, 0.1) is 5.41 Å². The number of amides is 2. The van der Waals surface area contributed by atoms with E-state index in [1.807, 2.05) is 98.5 Å². The molecule has 1 N–H and O–H groups in total. The summed E-state index contributed by atoms with van der Waals surface area (Å²) in [6, 6.07) is 23.6. The van der Waals surface area contributed by atoms with Crippen LogP contribution in [-0.4, -0.2) is 42.9 Å². The predicted octanol–water partition coefficient (Wildman–Crippen LogP) is 5.26. The molecule has 1 saturated heterocycles. The van der Waals surface area contributed by atoms with Crippen molar-refractivity contribution in [2.24, 2.45) is 5.41 Å². The van der Waals surface area contributed by atoms with E-state index in [-0.39, 0.29) is 17.7 Å². The summed E-state index contributed by atoms with van der Waals surface area (Å²) in [6.45, 7) is 8.52. The van der Waals surface area contributed by atoms with E-state index in [2.05, 4.69) is 10.2 Å². The van der Waals surface area contributed by atoms with Gasteiger partial charge < -0.3 is 19.9 Å². The van der Waals surface area contributed by atoms with E-state index >= 15 is 0 Å². The van der Waals surface area contributed by atoms with E-state index in [1.165, 1.54) is 0 Å². The second kappa shape index (κ2) is 9.10. The Kier molecular flexibility index (Phi) is 5.97. The van der Waals surface area contributed by atoms with Crippen LogP contribution in [0.4, 0.5) is 11.4 Å². The van der Waals surface area contributed by atoms with Crippen LogP contribution in [0.5, 0.6) is 11.5 Å². The molecular formula is C29H31N3O3. The fourth-order valence-corrected chi connectivity index (χ4v) is 4.62. The Morgan fingerprint density at radius 1 is 0.800 bits per heavy atom. The Hall–Kier alpha value is -3.80. The Morgan fingerprint density at radius 2 is 1.34 bits per heavy atom. The summed E-state index contributed by atoms with van der Waals surface area (Å²) in [6.07, 6.45) is 0. The summed E-state index contributed by atoms with van der Waals surface area (Å²) in [7, 11) is 0. The number of nitrogens with zero attached hydrogens (tertiary/aromatic N) is 2. The number of hydrogen-bond acceptors (Lipinski definition) is 4. The van der Waals surface area contributed by atoms with Gasteiger partial charge in [-0.2, -0.15) is 0 Å². The Labute approximate surface area is 206 Å². The lowest BCUT2D eigenvalue weighted by molar-refractivity contribution is -0.132. The lowest BCUT2D eigenvalue weighted by atomic mass is 9.86. The van der Waals surface area contributed by atoms with E-state index in [9.17, 15) is 9.59 Å². The zero-order valence-corrected chi connectivity index (χ0v) is 20.5. The van der Waals surface area contributed by atoms with Crippen LogP contribution in [0.2, 0.25) is 0 Å². The number of para-hydroxylation sites is 2. The first kappa shape index (κ1) is 23.0. The van der Waals surface area contributed by atoms with Gasteiger partial charge >= 0.3 is 0 Å². The standard InChI is InChI=1S/C29H31N3O3/c1-29(2,3)28(34)30-20-12-14-21(15-13-20)31-16-18-32(19-17-31)27(33)26-22-8-4-6-10-24(22)35-25-11-7-5-9-23(25)26/h4-15,26H,16-19H2,1-3H3,(H,30,34). The summed E-state index contributed by atoms with van der Waals surface area (Å²) in [5, 5.41) is 2.97. The third-order valence-corrected chi connectivity index (χ3v) is 6.69. The van der Waals surface area contributed by atoms with Gasteiger partial charge in [0.2, 0.25) is 11.8 Å². The molecule has 2 aliphatic heterocycles. The van der Waals surface area contributed by atoms with Crippen LogP contribution in [0.25, 0.3) is 0 Å². The Morgan fingerprint density at radius 3 is 1.89 bits per heavy atom. The second-order valence-electron chi connectivity index (χ2n) is 10.2. The van der Waals surface area contributed by atoms with Gasteiger partial charge in [0.1, 0.15) is 11.5 Å². The molecule has 0 atom stereocenters. The molecule has 2 heterocycles. The Bertz CT molecular complexity index is 1190. The molecule has 6 heteroatoms. The summed E-state index contributed by atoms with van der Waals surface area (Å²) in [4.78, 5) is 30.3. The van der Waals surface area contributed by atoms with Gasteiger partial charge in [-0.05, 0) is 36.4 Å². The molecule has 0 spiro atoms. The molecule has 2 aliphatic rings. The molecule has 3 aromatic carbocycles. The summed E-state index contributed by atoms with van der Waals surface area (Å²) >= 11 is 0. The maximum absolute atomic E-state index is 13.8. The molecule has 2 amide bonds. The largest absolute Gasteiger partial charge is 0.457 e. The van der Waals surface area contributed by atoms with Crippen LogP contribution >= 0.6 is 0 Å². The number of anilines is 2. The average Bonchev–Trinajstić information content (AvgIpc) is 2.87. The molecule has 5 rings (SSSR count). The third-order valence-electron chi connectivity index (χ3n) is 6.69. The smallest absolute Gasteiger partial charge is 0.234 e. The van der Waals surface area contributed by atoms with Crippen LogP contribution in [0.15, 0.2) is 72.8 Å². The first-order valence-corrected chi connectivity index (χ1v) is 12.1. The van der Waals surface area contributed by atoms with Gasteiger partial charge in [0.25, 0.3) is 0 Å². The molecule has 3 aromatic rings. The van der Waals surface area contributed by atoms with Gasteiger partial charge in [-0.25, -0.2) is 0 Å². The summed E-state index contributed by atoms with van der Waals surface area (Å²) in [5.74, 6) is 1.26. The van der Waals surface area contributed by atoms with E-state index in [0.29, 0.717) is 13.1 Å². The Balaban J connectivity index is 1.27. The van der Waals surface area contributed by atoms with Gasteiger partial charge in [-0.3, -0.25) is 9.59 Å². The van der Waals surface area contributed by atoms with Crippen molar-refractivity contribution in [1.82, 2.24) is 4.90 Å². The third kappa shape index (κ3) is 4.61. The maximum atomic E-state index is 13.8. The first-order chi connectivity index (χ1) is 16.8. The summed E-state index contributed by atoms with van der Waals surface area (Å²) < 4.78 is 6.07. The van der Waals surface area contributed by atoms with Crippen molar-refractivity contribution in [3.63, 3.8) is 0 Å². The van der Waals surface area contributed by atoms with E-state index in [1.54, 1.807) is 0 Å². The highest BCUT2D eigenvalue weighted by atomic mass is 16.5. The minimum absolute atomic E-state index is 0.00589. The fourth-order valence-electron chi connectivity index (χ4n) is 4.62. The SMILES string of the molecule is CC(C)(C)C(=O)Nc1ccc(N2CCN(C(=O)C3c4ccccc4Oc4ccccc43)CC2)cc1. The van der Waals surface area contributed by atoms with Crippen molar-refractivity contribution >= 4 is 23.2 Å². The van der Waals surface area contributed by atoms with E-state index in [0.717, 1.165) is 47.1 Å². The molecule has 180 valence electrons. The number of benzene rings is 3. The minimum atomic E-state index is -0.437. The monoisotopic (exact) mass is 469 g/mol. The fraction of sp³-hybridized carbons (Fsp3) is 0.310. The molecule has 1 fully saturated rings. The molecule has 0 radical (unpaired) electrons. The predicted molar refractivity (Wildman–Crippen MR) is 138 cm³/mol. The van der Waals surface area contributed by atoms with Gasteiger partial charge in [0.05, 0.1) is 5.92 Å². The van der Waals surface area contributed by atoms with Crippen molar-refractivity contribution in [2.45, 2.75) is 26.7 Å². The van der Waals surface area contributed by atoms with E-state index in [4.69, 9.17) is 4.74 Å². The second-order valence-corrected chi connectivity index (χ2v) is 10.2. The van der Waals surface area contributed by atoms with Crippen molar-refractivity contribution in [3.8, 4) is 11.5 Å². The number of fused-ring (bicyclic) bond motifs is 2. The van der Waals surface area contributed by atoms with Crippen LogP contribution < -0.4 is 15.0 Å². The number of ether oxygens (including phenoxy) is 1. The number of nitrogens with one attached hydrogen (secondary N) is 1. The zero-order chi connectivity index (χ0) is 24.6. The molecule has 0 unspecified atom stereocenters. The molecular weight excluding hydrogens is 438 g/mol. The number of hydrogen-bond donors (Lipinski definition) is 1. The first-order valence-electron chi connectivity index (χ1n) is 12.1. The minimum Gasteiger partial charge on any atom is -0.457 e. The van der Waals surface area contributed by atoms with Gasteiger partial charge in [-0.1, -0.05) is 57.2 Å². The van der Waals surface area contributed by atoms with Crippen molar-refractivity contribution in [3.05, 3.63) is 83.9 Å². The van der Waals surface area contributed by atoms with Crippen molar-refractivity contribution in [2.75, 3.05) is 36.4 Å².